The van der Waals surface area contributed by atoms with Crippen LogP contribution in [0.25, 0.3) is 0 Å². The van der Waals surface area contributed by atoms with Gasteiger partial charge in [0, 0.05) is 17.5 Å². The zero-order valence-corrected chi connectivity index (χ0v) is 18.9. The lowest BCUT2D eigenvalue weighted by molar-refractivity contribution is 0.171. The summed E-state index contributed by atoms with van der Waals surface area (Å²) in [4.78, 5) is 20.7. The lowest BCUT2D eigenvalue weighted by Crippen LogP contribution is -2.41. The summed E-state index contributed by atoms with van der Waals surface area (Å²) in [5.74, 6) is 3.13. The van der Waals surface area contributed by atoms with Crippen LogP contribution in [-0.2, 0) is 6.42 Å². The first-order valence-corrected chi connectivity index (χ1v) is 11.4. The van der Waals surface area contributed by atoms with E-state index in [2.05, 4.69) is 44.2 Å². The van der Waals surface area contributed by atoms with Gasteiger partial charge in [0.15, 0.2) is 11.5 Å². The van der Waals surface area contributed by atoms with E-state index in [1.807, 2.05) is 27.0 Å². The highest BCUT2D eigenvalue weighted by Gasteiger charge is 2.35. The number of fused-ring (bicyclic) bond motifs is 1. The molecule has 7 heteroatoms. The average Bonchev–Trinajstić information content (AvgIpc) is 3.18. The Labute approximate surface area is 188 Å². The fourth-order valence-corrected chi connectivity index (χ4v) is 5.00. The topological polar surface area (TPSA) is 102 Å². The monoisotopic (exact) mass is 430 g/mol. The molecule has 0 radical (unpaired) electrons. The van der Waals surface area contributed by atoms with Gasteiger partial charge in [-0.15, -0.1) is 0 Å². The second-order valence-electron chi connectivity index (χ2n) is 9.52. The third-order valence-electron chi connectivity index (χ3n) is 6.73. The molecule has 2 aromatic heterocycles. The molecule has 5 rings (SSSR count). The number of hydrogen-bond acceptors (Lipinski definition) is 6. The fraction of sp³-hybridized carbons (Fsp3) is 0.440. The number of hydrogen-bond donors (Lipinski definition) is 2. The third-order valence-corrected chi connectivity index (χ3v) is 6.73. The molecule has 1 saturated carbocycles. The molecule has 3 aromatic rings. The Balaban J connectivity index is 1.29. The molecule has 2 aliphatic rings. The lowest BCUT2D eigenvalue weighted by Gasteiger charge is -2.32. The van der Waals surface area contributed by atoms with Gasteiger partial charge in [-0.05, 0) is 70.3 Å². The minimum absolute atomic E-state index is 0.335. The third kappa shape index (κ3) is 3.99. The number of anilines is 1. The molecule has 0 bridgehead atoms. The molecule has 0 atom stereocenters. The van der Waals surface area contributed by atoms with Crippen molar-refractivity contribution in [1.29, 1.82) is 0 Å². The second kappa shape index (κ2) is 8.04. The molecule has 1 aliphatic heterocycles. The van der Waals surface area contributed by atoms with Gasteiger partial charge >= 0.3 is 0 Å². The van der Waals surface area contributed by atoms with Crippen LogP contribution in [0.15, 0.2) is 41.8 Å². The smallest absolute Gasteiger partial charge is 0.246 e. The maximum atomic E-state index is 6.11. The van der Waals surface area contributed by atoms with E-state index in [9.17, 15) is 0 Å². The molecule has 0 amide bonds. The fourth-order valence-electron chi connectivity index (χ4n) is 5.00. The number of aromatic amines is 1. The molecule has 166 valence electrons. The van der Waals surface area contributed by atoms with E-state index in [1.165, 1.54) is 43.3 Å². The molecule has 1 aromatic carbocycles. The number of ether oxygens (including phenoxy) is 1. The van der Waals surface area contributed by atoms with Gasteiger partial charge < -0.3 is 15.5 Å². The van der Waals surface area contributed by atoms with Gasteiger partial charge in [-0.3, -0.25) is 0 Å². The quantitative estimate of drug-likeness (QED) is 0.613. The van der Waals surface area contributed by atoms with Gasteiger partial charge in [-0.1, -0.05) is 24.3 Å². The standard InChI is InChI=1S/C25H30N6O/c1-15-27-13-20(30-15)12-16-4-6-17(7-5-16)18-8-10-19(11-9-18)22-25(2,3)32-24-21(31-22)23(26)28-14-29-24/h8-11,13-14,16-17H,4-7,12H2,1-3H3,(H,27,30)(H2,26,28,29). The second-order valence-corrected chi connectivity index (χ2v) is 9.52. The highest BCUT2D eigenvalue weighted by molar-refractivity contribution is 6.09. The minimum Gasteiger partial charge on any atom is -0.463 e. The summed E-state index contributed by atoms with van der Waals surface area (Å²) in [6, 6.07) is 8.81. The predicted octanol–water partition coefficient (Wildman–Crippen LogP) is 4.90. The van der Waals surface area contributed by atoms with E-state index in [0.29, 0.717) is 23.3 Å². The van der Waals surface area contributed by atoms with Gasteiger partial charge in [0.05, 0.1) is 5.71 Å². The Morgan fingerprint density at radius 2 is 1.81 bits per heavy atom. The maximum absolute atomic E-state index is 6.11. The molecule has 3 heterocycles. The summed E-state index contributed by atoms with van der Waals surface area (Å²) in [5.41, 5.74) is 10.5. The normalized spacial score (nSPS) is 22.0. The number of nitrogens with two attached hydrogens (primary N) is 1. The van der Waals surface area contributed by atoms with E-state index in [0.717, 1.165) is 29.4 Å². The average molecular weight is 431 g/mol. The van der Waals surface area contributed by atoms with Gasteiger partial charge in [0.2, 0.25) is 5.88 Å². The van der Waals surface area contributed by atoms with Crippen molar-refractivity contribution in [2.75, 3.05) is 5.73 Å². The van der Waals surface area contributed by atoms with E-state index in [1.54, 1.807) is 0 Å². The summed E-state index contributed by atoms with van der Waals surface area (Å²) >= 11 is 0. The highest BCUT2D eigenvalue weighted by Crippen LogP contribution is 2.40. The van der Waals surface area contributed by atoms with Crippen molar-refractivity contribution in [2.45, 2.75) is 64.4 Å². The van der Waals surface area contributed by atoms with Crippen LogP contribution in [0.1, 0.15) is 68.1 Å². The zero-order chi connectivity index (χ0) is 22.3. The SMILES string of the molecule is Cc1ncc(CC2CCC(c3ccc(C4=Nc5c(N)ncnc5OC4(C)C)cc3)CC2)[nH]1. The van der Waals surface area contributed by atoms with Crippen LogP contribution in [0.4, 0.5) is 11.5 Å². The largest absolute Gasteiger partial charge is 0.463 e. The van der Waals surface area contributed by atoms with Crippen LogP contribution < -0.4 is 10.5 Å². The molecule has 7 nitrogen and oxygen atoms in total. The summed E-state index contributed by atoms with van der Waals surface area (Å²) < 4.78 is 6.11. The zero-order valence-electron chi connectivity index (χ0n) is 18.9. The molecule has 0 spiro atoms. The lowest BCUT2D eigenvalue weighted by atomic mass is 9.77. The van der Waals surface area contributed by atoms with Crippen molar-refractivity contribution >= 4 is 17.2 Å². The number of aromatic nitrogens is 4. The summed E-state index contributed by atoms with van der Waals surface area (Å²) in [6.45, 7) is 6.02. The van der Waals surface area contributed by atoms with Gasteiger partial charge in [-0.2, -0.15) is 4.98 Å². The van der Waals surface area contributed by atoms with Crippen molar-refractivity contribution in [3.8, 4) is 5.88 Å². The molecular weight excluding hydrogens is 400 g/mol. The Morgan fingerprint density at radius 1 is 1.06 bits per heavy atom. The Kier molecular flexibility index (Phi) is 5.19. The number of imidazole rings is 1. The molecule has 0 saturated heterocycles. The summed E-state index contributed by atoms with van der Waals surface area (Å²) in [6.07, 6.45) is 9.47. The van der Waals surface area contributed by atoms with Crippen LogP contribution in [0.5, 0.6) is 5.88 Å². The first-order chi connectivity index (χ1) is 15.4. The molecule has 1 aliphatic carbocycles. The van der Waals surface area contributed by atoms with Gasteiger partial charge in [0.1, 0.15) is 17.8 Å². The number of aliphatic imine (C=N–C) groups is 1. The molecule has 3 N–H and O–H groups in total. The van der Waals surface area contributed by atoms with Crippen molar-refractivity contribution in [3.63, 3.8) is 0 Å². The number of rotatable bonds is 4. The van der Waals surface area contributed by atoms with E-state index >= 15 is 0 Å². The summed E-state index contributed by atoms with van der Waals surface area (Å²) in [7, 11) is 0. The Morgan fingerprint density at radius 3 is 2.50 bits per heavy atom. The molecule has 32 heavy (non-hydrogen) atoms. The number of nitrogens with one attached hydrogen (secondary N) is 1. The number of H-pyrrole nitrogens is 1. The maximum Gasteiger partial charge on any atom is 0.246 e. The molecular formula is C25H30N6O. The van der Waals surface area contributed by atoms with Crippen molar-refractivity contribution in [3.05, 3.63) is 59.4 Å². The first kappa shape index (κ1) is 20.7. The Bertz CT molecular complexity index is 1140. The van der Waals surface area contributed by atoms with Crippen molar-refractivity contribution in [1.82, 2.24) is 19.9 Å². The van der Waals surface area contributed by atoms with Crippen LogP contribution >= 0.6 is 0 Å². The number of benzene rings is 1. The van der Waals surface area contributed by atoms with Crippen molar-refractivity contribution in [2.24, 2.45) is 10.9 Å². The van der Waals surface area contributed by atoms with E-state index in [-0.39, 0.29) is 0 Å². The van der Waals surface area contributed by atoms with Crippen LogP contribution in [0.2, 0.25) is 0 Å². The van der Waals surface area contributed by atoms with Gasteiger partial charge in [-0.25, -0.2) is 15.0 Å². The van der Waals surface area contributed by atoms with Gasteiger partial charge in [0.25, 0.3) is 0 Å². The number of nitrogen functional groups attached to an aromatic ring is 1. The van der Waals surface area contributed by atoms with Crippen LogP contribution in [-0.4, -0.2) is 31.2 Å². The molecule has 1 fully saturated rings. The first-order valence-electron chi connectivity index (χ1n) is 11.4. The van der Waals surface area contributed by atoms with E-state index in [4.69, 9.17) is 15.5 Å². The van der Waals surface area contributed by atoms with Crippen molar-refractivity contribution < 1.29 is 4.74 Å². The van der Waals surface area contributed by atoms with Crippen LogP contribution in [0.3, 0.4) is 0 Å². The van der Waals surface area contributed by atoms with Crippen LogP contribution in [0, 0.1) is 12.8 Å². The highest BCUT2D eigenvalue weighted by atomic mass is 16.5. The summed E-state index contributed by atoms with van der Waals surface area (Å²) in [5, 5.41) is 0. The Hall–Kier alpha value is -3.22. The number of nitrogens with zero attached hydrogens (tertiary/aromatic N) is 4. The minimum atomic E-state index is -0.599. The molecule has 0 unspecified atom stereocenters. The number of aryl methyl sites for hydroxylation is 1. The van der Waals surface area contributed by atoms with E-state index < -0.39 is 5.60 Å². The predicted molar refractivity (Wildman–Crippen MR) is 126 cm³/mol.